The van der Waals surface area contributed by atoms with Crippen molar-refractivity contribution in [1.29, 1.82) is 10.5 Å². The van der Waals surface area contributed by atoms with Crippen LogP contribution in [0.3, 0.4) is 0 Å². The van der Waals surface area contributed by atoms with Crippen molar-refractivity contribution < 1.29 is 26.7 Å². The molecule has 4 fully saturated rings. The molecule has 0 radical (unpaired) electrons. The van der Waals surface area contributed by atoms with Crippen LogP contribution in [0.15, 0.2) is 12.6 Å². The predicted molar refractivity (Wildman–Crippen MR) is 172 cm³/mol. The van der Waals surface area contributed by atoms with Crippen LogP contribution in [0.1, 0.15) is 66.3 Å². The van der Waals surface area contributed by atoms with Gasteiger partial charge in [0.05, 0.1) is 33.3 Å². The standard InChI is InChI=1S/C35H33F5N8O/c1-16-9-24-23-5-4-19(44-23)14-48(24)32-28-25(16)21(12-42)27(26-20(11-41)22(43)8-17(2)29(26)35(38,39)40)30(37)31(28)45-33(46-32)49-15-34-6-3-7-47(34)13-18(36)10-34/h8,18-19,23-24,44H,1,3-7,9-10,13-15,43H2,2H3/t18-,19-,23+,24-,34?/m1/s1. The molecular formula is C35H33F5N8O. The summed E-state index contributed by atoms with van der Waals surface area (Å²) in [6.45, 7) is 7.03. The third-order valence-corrected chi connectivity index (χ3v) is 11.2. The minimum absolute atomic E-state index is 0.0264. The number of nitrogen functional groups attached to an aromatic ring is 1. The number of hydrogen-bond acceptors (Lipinski definition) is 9. The SMILES string of the molecule is C=C1C[C@@H]2[C@@H]3CC[C@H](CN2c2nc(OCC45CCCN4C[C@H](F)C5)nc4c(F)c(-c5c(C#N)c(N)cc(C)c5C(F)(F)F)c(C#N)c1c24)N3. The van der Waals surface area contributed by atoms with Gasteiger partial charge in [-0.3, -0.25) is 4.90 Å². The van der Waals surface area contributed by atoms with E-state index >= 15 is 4.39 Å². The van der Waals surface area contributed by atoms with Crippen LogP contribution in [0.5, 0.6) is 6.01 Å². The summed E-state index contributed by atoms with van der Waals surface area (Å²) in [7, 11) is 0. The molecule has 1 unspecified atom stereocenters. The minimum atomic E-state index is -5.03. The van der Waals surface area contributed by atoms with Gasteiger partial charge < -0.3 is 20.7 Å². The van der Waals surface area contributed by atoms with Crippen molar-refractivity contribution in [2.24, 2.45) is 0 Å². The average molecular weight is 677 g/mol. The van der Waals surface area contributed by atoms with Crippen molar-refractivity contribution >= 4 is 28.0 Å². The number of anilines is 2. The molecule has 0 amide bonds. The number of nitrogens with one attached hydrogen (secondary N) is 1. The molecule has 5 aliphatic heterocycles. The van der Waals surface area contributed by atoms with Crippen molar-refractivity contribution in [2.45, 2.75) is 81.5 Å². The Morgan fingerprint density at radius 3 is 2.65 bits per heavy atom. The van der Waals surface area contributed by atoms with E-state index in [0.717, 1.165) is 31.9 Å². The summed E-state index contributed by atoms with van der Waals surface area (Å²) in [6.07, 6.45) is -2.10. The molecule has 49 heavy (non-hydrogen) atoms. The Labute approximate surface area is 279 Å². The number of hydrogen-bond donors (Lipinski definition) is 2. The van der Waals surface area contributed by atoms with E-state index < -0.39 is 51.5 Å². The first-order chi connectivity index (χ1) is 23.3. The van der Waals surface area contributed by atoms with E-state index in [2.05, 4.69) is 26.7 Å². The molecule has 0 saturated carbocycles. The van der Waals surface area contributed by atoms with E-state index in [1.165, 1.54) is 6.92 Å². The van der Waals surface area contributed by atoms with Crippen molar-refractivity contribution in [3.63, 3.8) is 0 Å². The lowest BCUT2D eigenvalue weighted by Crippen LogP contribution is -2.58. The van der Waals surface area contributed by atoms with Crippen molar-refractivity contribution in [3.05, 3.63) is 46.3 Å². The smallest absolute Gasteiger partial charge is 0.417 e. The van der Waals surface area contributed by atoms with E-state index in [0.29, 0.717) is 37.3 Å². The molecule has 3 N–H and O–H groups in total. The molecule has 14 heteroatoms. The Kier molecular flexibility index (Phi) is 7.11. The molecule has 5 aliphatic rings. The molecule has 4 saturated heterocycles. The number of piperazine rings is 1. The monoisotopic (exact) mass is 676 g/mol. The van der Waals surface area contributed by atoms with Crippen LogP contribution in [-0.2, 0) is 6.18 Å². The van der Waals surface area contributed by atoms with Gasteiger partial charge in [0, 0.05) is 54.3 Å². The highest BCUT2D eigenvalue weighted by Gasteiger charge is 2.50. The van der Waals surface area contributed by atoms with Crippen molar-refractivity contribution in [3.8, 4) is 29.3 Å². The number of rotatable bonds is 4. The molecule has 2 bridgehead atoms. The molecule has 0 aliphatic carbocycles. The van der Waals surface area contributed by atoms with Crippen LogP contribution in [0.4, 0.5) is 33.5 Å². The molecule has 1 aromatic heterocycles. The van der Waals surface area contributed by atoms with E-state index in [4.69, 9.17) is 15.5 Å². The number of aryl methyl sites for hydroxylation is 1. The average Bonchev–Trinajstić information content (AvgIpc) is 3.69. The van der Waals surface area contributed by atoms with E-state index in [1.54, 1.807) is 6.07 Å². The fourth-order valence-electron chi connectivity index (χ4n) is 9.23. The van der Waals surface area contributed by atoms with Gasteiger partial charge in [0.25, 0.3) is 0 Å². The zero-order chi connectivity index (χ0) is 34.6. The second-order valence-corrected chi connectivity index (χ2v) is 14.1. The summed E-state index contributed by atoms with van der Waals surface area (Å²) in [5.41, 5.74) is 1.25. The number of benzene rings is 2. The van der Waals surface area contributed by atoms with E-state index in [-0.39, 0.29) is 64.9 Å². The van der Waals surface area contributed by atoms with Crippen LogP contribution in [0, 0.1) is 35.4 Å². The van der Waals surface area contributed by atoms with Crippen LogP contribution < -0.4 is 20.7 Å². The van der Waals surface area contributed by atoms with Crippen molar-refractivity contribution in [2.75, 3.05) is 36.9 Å². The fraction of sp³-hybridized carbons (Fsp3) is 0.486. The van der Waals surface area contributed by atoms with Crippen molar-refractivity contribution in [1.82, 2.24) is 20.2 Å². The lowest BCUT2D eigenvalue weighted by molar-refractivity contribution is -0.137. The first-order valence-electron chi connectivity index (χ1n) is 16.5. The summed E-state index contributed by atoms with van der Waals surface area (Å²) in [5.74, 6) is -0.930. The molecule has 0 spiro atoms. The lowest BCUT2D eigenvalue weighted by Gasteiger charge is -2.41. The number of halogens is 5. The Morgan fingerprint density at radius 1 is 1.14 bits per heavy atom. The molecule has 2 aromatic carbocycles. The Morgan fingerprint density at radius 2 is 1.92 bits per heavy atom. The highest BCUT2D eigenvalue weighted by molar-refractivity contribution is 6.07. The van der Waals surface area contributed by atoms with Gasteiger partial charge in [0.1, 0.15) is 36.3 Å². The number of nitriles is 2. The molecule has 254 valence electrons. The van der Waals surface area contributed by atoms with Gasteiger partial charge in [-0.25, -0.2) is 8.78 Å². The van der Waals surface area contributed by atoms with Gasteiger partial charge >= 0.3 is 12.2 Å². The van der Waals surface area contributed by atoms with Crippen LogP contribution in [0.25, 0.3) is 27.6 Å². The molecule has 3 aromatic rings. The highest BCUT2D eigenvalue weighted by Crippen LogP contribution is 2.51. The second-order valence-electron chi connectivity index (χ2n) is 14.1. The third kappa shape index (κ3) is 4.67. The van der Waals surface area contributed by atoms with Crippen LogP contribution in [-0.4, -0.2) is 70.9 Å². The fourth-order valence-corrected chi connectivity index (χ4v) is 9.23. The first kappa shape index (κ1) is 31.7. The number of ether oxygens (including phenoxy) is 1. The molecule has 8 rings (SSSR count). The maximum Gasteiger partial charge on any atom is 0.417 e. The van der Waals surface area contributed by atoms with Gasteiger partial charge in [0.15, 0.2) is 5.82 Å². The summed E-state index contributed by atoms with van der Waals surface area (Å²) in [5, 5.41) is 24.5. The van der Waals surface area contributed by atoms with Crippen LogP contribution >= 0.6 is 0 Å². The molecule has 6 heterocycles. The highest BCUT2D eigenvalue weighted by atomic mass is 19.4. The maximum atomic E-state index is 17.4. The lowest BCUT2D eigenvalue weighted by atomic mass is 9.83. The van der Waals surface area contributed by atoms with E-state index in [9.17, 15) is 28.1 Å². The van der Waals surface area contributed by atoms with E-state index in [1.807, 2.05) is 6.07 Å². The molecule has 9 nitrogen and oxygen atoms in total. The third-order valence-electron chi connectivity index (χ3n) is 11.2. The summed E-state index contributed by atoms with van der Waals surface area (Å²) in [4.78, 5) is 13.4. The Balaban J connectivity index is 1.42. The Hall–Kier alpha value is -4.53. The largest absolute Gasteiger partial charge is 0.461 e. The Bertz CT molecular complexity index is 2040. The van der Waals surface area contributed by atoms with Gasteiger partial charge in [0.2, 0.25) is 0 Å². The zero-order valence-corrected chi connectivity index (χ0v) is 26.7. The molecule has 5 atom stereocenters. The number of alkyl halides is 4. The predicted octanol–water partition coefficient (Wildman–Crippen LogP) is 5.77. The number of nitrogens with zero attached hydrogens (tertiary/aromatic N) is 6. The number of aromatic nitrogens is 2. The van der Waals surface area contributed by atoms with Gasteiger partial charge in [-0.1, -0.05) is 6.58 Å². The van der Waals surface area contributed by atoms with Crippen LogP contribution in [0.2, 0.25) is 0 Å². The van der Waals surface area contributed by atoms with Gasteiger partial charge in [-0.15, -0.1) is 0 Å². The maximum absolute atomic E-state index is 17.4. The van der Waals surface area contributed by atoms with Gasteiger partial charge in [-0.2, -0.15) is 33.7 Å². The zero-order valence-electron chi connectivity index (χ0n) is 26.7. The molecular weight excluding hydrogens is 643 g/mol. The number of nitrogens with two attached hydrogens (primary N) is 1. The topological polar surface area (TPSA) is 127 Å². The minimum Gasteiger partial charge on any atom is -0.461 e. The quantitative estimate of drug-likeness (QED) is 0.262. The summed E-state index contributed by atoms with van der Waals surface area (Å²) < 4.78 is 82.5. The first-order valence-corrected chi connectivity index (χ1v) is 16.5. The number of fused-ring (bicyclic) bond motifs is 6. The normalized spacial score (nSPS) is 27.5. The summed E-state index contributed by atoms with van der Waals surface area (Å²) >= 11 is 0. The second kappa shape index (κ2) is 11.0. The summed E-state index contributed by atoms with van der Waals surface area (Å²) in [6, 6.07) is 4.46. The van der Waals surface area contributed by atoms with Gasteiger partial charge in [-0.05, 0) is 62.8 Å².